The first kappa shape index (κ1) is 8.97. The molecule has 1 atom stereocenters. The van der Waals surface area contributed by atoms with Crippen molar-refractivity contribution in [3.05, 3.63) is 29.8 Å². The molecule has 0 saturated heterocycles. The van der Waals surface area contributed by atoms with E-state index in [1.807, 2.05) is 13.8 Å². The second-order valence-corrected chi connectivity index (χ2v) is 2.93. The van der Waals surface area contributed by atoms with Crippen LogP contribution in [0.3, 0.4) is 0 Å². The smallest absolute Gasteiger partial charge is 0.258 e. The molecule has 0 aliphatic rings. The second-order valence-electron chi connectivity index (χ2n) is 2.93. The molecule has 1 heterocycles. The molecule has 0 fully saturated rings. The Balaban J connectivity index is 3.01. The van der Waals surface area contributed by atoms with E-state index in [0.717, 1.165) is 23.0 Å². The Bertz CT molecular complexity index is 275. The molecule has 0 saturated carbocycles. The highest BCUT2D eigenvalue weighted by molar-refractivity contribution is 5.03. The fraction of sp³-hybridized carbons (Fsp3) is 0.444. The fourth-order valence-corrected chi connectivity index (χ4v) is 1.07. The Labute approximate surface area is 71.2 Å². The molecule has 1 aromatic heterocycles. The number of rotatable bonds is 2. The Morgan fingerprint density at radius 3 is 2.75 bits per heavy atom. The SMILES string of the molecule is CC[C@H](C)c1ccc(F)c[n+]1O. The molecule has 3 heteroatoms. The van der Waals surface area contributed by atoms with E-state index in [9.17, 15) is 9.60 Å². The minimum Gasteiger partial charge on any atom is -0.285 e. The first-order valence-corrected chi connectivity index (χ1v) is 4.05. The summed E-state index contributed by atoms with van der Waals surface area (Å²) in [6.45, 7) is 4.01. The maximum Gasteiger partial charge on any atom is 0.258 e. The van der Waals surface area contributed by atoms with Gasteiger partial charge in [-0.05, 0) is 12.5 Å². The first-order valence-electron chi connectivity index (χ1n) is 4.05. The van der Waals surface area contributed by atoms with Gasteiger partial charge in [-0.2, -0.15) is 0 Å². The highest BCUT2D eigenvalue weighted by Gasteiger charge is 2.16. The second kappa shape index (κ2) is 3.52. The van der Waals surface area contributed by atoms with Gasteiger partial charge in [-0.3, -0.25) is 5.21 Å². The summed E-state index contributed by atoms with van der Waals surface area (Å²) in [7, 11) is 0. The van der Waals surface area contributed by atoms with Crippen molar-refractivity contribution in [3.63, 3.8) is 0 Å². The van der Waals surface area contributed by atoms with Crippen LogP contribution in [0.15, 0.2) is 18.3 Å². The molecule has 0 spiro atoms. The van der Waals surface area contributed by atoms with Crippen molar-refractivity contribution in [2.45, 2.75) is 26.2 Å². The van der Waals surface area contributed by atoms with Gasteiger partial charge in [0.25, 0.3) is 6.20 Å². The predicted molar refractivity (Wildman–Crippen MR) is 42.5 cm³/mol. The molecule has 0 aromatic carbocycles. The molecule has 1 aromatic rings. The van der Waals surface area contributed by atoms with Crippen LogP contribution in [-0.2, 0) is 0 Å². The third-order valence-electron chi connectivity index (χ3n) is 2.04. The van der Waals surface area contributed by atoms with Gasteiger partial charge in [-0.15, -0.1) is 0 Å². The summed E-state index contributed by atoms with van der Waals surface area (Å²) in [5.41, 5.74) is 0.735. The van der Waals surface area contributed by atoms with E-state index in [0.29, 0.717) is 0 Å². The monoisotopic (exact) mass is 170 g/mol. The summed E-state index contributed by atoms with van der Waals surface area (Å²) in [5, 5.41) is 9.27. The summed E-state index contributed by atoms with van der Waals surface area (Å²) in [5.74, 6) is -0.180. The lowest BCUT2D eigenvalue weighted by Crippen LogP contribution is -2.36. The molecule has 0 aliphatic carbocycles. The molecule has 2 nitrogen and oxygen atoms in total. The standard InChI is InChI=1S/C9H13FNO/c1-3-7(2)9-5-4-8(10)6-11(9)12/h4-7,12H,3H2,1-2H3/q+1/t7-/m0/s1. The maximum atomic E-state index is 12.5. The summed E-state index contributed by atoms with van der Waals surface area (Å²) in [4.78, 5) is 0. The van der Waals surface area contributed by atoms with E-state index in [1.54, 1.807) is 6.07 Å². The number of pyridine rings is 1. The van der Waals surface area contributed by atoms with Crippen molar-refractivity contribution in [2.24, 2.45) is 0 Å². The molecule has 66 valence electrons. The molecular weight excluding hydrogens is 157 g/mol. The van der Waals surface area contributed by atoms with Crippen molar-refractivity contribution in [1.82, 2.24) is 0 Å². The van der Waals surface area contributed by atoms with E-state index in [2.05, 4.69) is 0 Å². The molecule has 0 radical (unpaired) electrons. The van der Waals surface area contributed by atoms with Crippen molar-refractivity contribution in [1.29, 1.82) is 0 Å². The molecule has 1 rings (SSSR count). The van der Waals surface area contributed by atoms with Gasteiger partial charge >= 0.3 is 0 Å². The van der Waals surface area contributed by atoms with Crippen LogP contribution in [0, 0.1) is 5.82 Å². The van der Waals surface area contributed by atoms with E-state index < -0.39 is 5.82 Å². The van der Waals surface area contributed by atoms with Crippen molar-refractivity contribution in [2.75, 3.05) is 0 Å². The summed E-state index contributed by atoms with van der Waals surface area (Å²) >= 11 is 0. The van der Waals surface area contributed by atoms with Gasteiger partial charge in [0.15, 0.2) is 5.82 Å². The highest BCUT2D eigenvalue weighted by atomic mass is 19.1. The van der Waals surface area contributed by atoms with Crippen LogP contribution in [0.1, 0.15) is 31.9 Å². The summed E-state index contributed by atoms with van der Waals surface area (Å²) < 4.78 is 13.4. The normalized spacial score (nSPS) is 12.9. The molecule has 0 unspecified atom stereocenters. The average Bonchev–Trinajstić information content (AvgIpc) is 2.03. The Morgan fingerprint density at radius 2 is 2.25 bits per heavy atom. The Hall–Kier alpha value is -1.12. The van der Waals surface area contributed by atoms with Crippen molar-refractivity contribution in [3.8, 4) is 0 Å². The predicted octanol–water partition coefficient (Wildman–Crippen LogP) is 1.86. The number of hydrogen-bond donors (Lipinski definition) is 1. The van der Waals surface area contributed by atoms with Gasteiger partial charge in [0.2, 0.25) is 5.69 Å². The van der Waals surface area contributed by atoms with Crippen LogP contribution in [0.5, 0.6) is 0 Å². The third kappa shape index (κ3) is 1.72. The van der Waals surface area contributed by atoms with E-state index in [1.165, 1.54) is 6.07 Å². The molecule has 12 heavy (non-hydrogen) atoms. The van der Waals surface area contributed by atoms with Gasteiger partial charge < -0.3 is 0 Å². The van der Waals surface area contributed by atoms with Crippen LogP contribution in [0.2, 0.25) is 0 Å². The van der Waals surface area contributed by atoms with E-state index in [-0.39, 0.29) is 5.92 Å². The number of nitrogens with zero attached hydrogens (tertiary/aromatic N) is 1. The lowest BCUT2D eigenvalue weighted by Gasteiger charge is -2.02. The number of aromatic nitrogens is 1. The lowest BCUT2D eigenvalue weighted by molar-refractivity contribution is -0.911. The summed E-state index contributed by atoms with van der Waals surface area (Å²) in [6.07, 6.45) is 1.99. The Kier molecular flexibility index (Phi) is 2.63. The van der Waals surface area contributed by atoms with E-state index >= 15 is 0 Å². The minimum absolute atomic E-state index is 0.246. The zero-order valence-corrected chi connectivity index (χ0v) is 7.29. The highest BCUT2D eigenvalue weighted by Crippen LogP contribution is 2.13. The average molecular weight is 170 g/mol. The zero-order chi connectivity index (χ0) is 9.14. The zero-order valence-electron chi connectivity index (χ0n) is 7.29. The van der Waals surface area contributed by atoms with Crippen molar-refractivity contribution < 1.29 is 14.3 Å². The topological polar surface area (TPSA) is 24.1 Å². The maximum absolute atomic E-state index is 12.5. The largest absolute Gasteiger partial charge is 0.285 e. The van der Waals surface area contributed by atoms with Gasteiger partial charge in [-0.1, -0.05) is 13.8 Å². The number of hydrogen-bond acceptors (Lipinski definition) is 1. The van der Waals surface area contributed by atoms with Crippen LogP contribution in [0.4, 0.5) is 4.39 Å². The van der Waals surface area contributed by atoms with Gasteiger partial charge in [0, 0.05) is 16.7 Å². The number of halogens is 1. The minimum atomic E-state index is -0.426. The molecule has 0 amide bonds. The van der Waals surface area contributed by atoms with Crippen LogP contribution in [0.25, 0.3) is 0 Å². The summed E-state index contributed by atoms with van der Waals surface area (Å²) in [6, 6.07) is 2.96. The third-order valence-corrected chi connectivity index (χ3v) is 2.04. The van der Waals surface area contributed by atoms with Gasteiger partial charge in [-0.25, -0.2) is 4.39 Å². The van der Waals surface area contributed by atoms with Crippen molar-refractivity contribution >= 4 is 0 Å². The molecular formula is C9H13FNO+. The van der Waals surface area contributed by atoms with E-state index in [4.69, 9.17) is 0 Å². The van der Waals surface area contributed by atoms with Crippen LogP contribution in [-0.4, -0.2) is 5.21 Å². The Morgan fingerprint density at radius 1 is 1.58 bits per heavy atom. The molecule has 1 N–H and O–H groups in total. The molecule has 0 aliphatic heterocycles. The van der Waals surface area contributed by atoms with Crippen LogP contribution >= 0.6 is 0 Å². The van der Waals surface area contributed by atoms with Gasteiger partial charge in [0.05, 0.1) is 0 Å². The lowest BCUT2D eigenvalue weighted by atomic mass is 10.0. The molecule has 0 bridgehead atoms. The van der Waals surface area contributed by atoms with Crippen LogP contribution < -0.4 is 4.73 Å². The quantitative estimate of drug-likeness (QED) is 0.531. The first-order chi connectivity index (χ1) is 5.65. The fourth-order valence-electron chi connectivity index (χ4n) is 1.07. The van der Waals surface area contributed by atoms with Gasteiger partial charge in [0.1, 0.15) is 0 Å².